The van der Waals surface area contributed by atoms with E-state index < -0.39 is 41.0 Å². The number of amides is 2. The third-order valence-electron chi connectivity index (χ3n) is 8.91. The molecule has 0 unspecified atom stereocenters. The first kappa shape index (κ1) is 32.4. The number of carbonyl (C=O) groups is 2. The Kier molecular flexibility index (Phi) is 8.93. The fourth-order valence-electron chi connectivity index (χ4n) is 6.45. The molecule has 4 aromatic rings. The molecule has 7 nitrogen and oxygen atoms in total. The molecule has 3 aromatic carbocycles. The van der Waals surface area contributed by atoms with E-state index in [0.717, 1.165) is 22.2 Å². The number of fused-ring (bicyclic) bond motifs is 1. The van der Waals surface area contributed by atoms with E-state index in [1.165, 1.54) is 4.90 Å². The van der Waals surface area contributed by atoms with Gasteiger partial charge in [0.25, 0.3) is 5.91 Å². The maximum absolute atomic E-state index is 13.8. The molecule has 13 heteroatoms. The summed E-state index contributed by atoms with van der Waals surface area (Å²) in [5, 5.41) is 0.891. The van der Waals surface area contributed by atoms with Gasteiger partial charge in [0, 0.05) is 80.2 Å². The third kappa shape index (κ3) is 7.24. The van der Waals surface area contributed by atoms with E-state index in [1.54, 1.807) is 11.1 Å². The van der Waals surface area contributed by atoms with Gasteiger partial charge in [-0.1, -0.05) is 36.4 Å². The number of para-hydroxylation sites is 2. The van der Waals surface area contributed by atoms with Crippen molar-refractivity contribution in [3.8, 4) is 0 Å². The van der Waals surface area contributed by atoms with Gasteiger partial charge in [-0.2, -0.15) is 26.3 Å². The Labute approximate surface area is 267 Å². The summed E-state index contributed by atoms with van der Waals surface area (Å²) in [6.45, 7) is 3.00. The first-order valence-corrected chi connectivity index (χ1v) is 15.3. The van der Waals surface area contributed by atoms with Gasteiger partial charge < -0.3 is 19.7 Å². The summed E-state index contributed by atoms with van der Waals surface area (Å²) in [6.07, 6.45) is -8.09. The van der Waals surface area contributed by atoms with Crippen LogP contribution in [0.15, 0.2) is 79.0 Å². The lowest BCUT2D eigenvalue weighted by atomic mass is 9.98. The normalized spacial score (nSPS) is 18.2. The van der Waals surface area contributed by atoms with Gasteiger partial charge in [-0.05, 0) is 48.4 Å². The van der Waals surface area contributed by atoms with Gasteiger partial charge in [0.2, 0.25) is 5.91 Å². The van der Waals surface area contributed by atoms with E-state index >= 15 is 0 Å². The molecule has 3 heterocycles. The Morgan fingerprint density at radius 2 is 1.40 bits per heavy atom. The van der Waals surface area contributed by atoms with E-state index in [1.807, 2.05) is 59.5 Å². The van der Waals surface area contributed by atoms with Crippen molar-refractivity contribution in [2.75, 3.05) is 57.3 Å². The average molecular weight is 658 g/mol. The number of benzene rings is 3. The van der Waals surface area contributed by atoms with Gasteiger partial charge in [0.15, 0.2) is 0 Å². The monoisotopic (exact) mass is 657 g/mol. The lowest BCUT2D eigenvalue weighted by Gasteiger charge is -2.42. The van der Waals surface area contributed by atoms with Gasteiger partial charge in [0.1, 0.15) is 0 Å². The zero-order chi connectivity index (χ0) is 33.3. The van der Waals surface area contributed by atoms with Crippen LogP contribution in [0.3, 0.4) is 0 Å². The molecule has 2 fully saturated rings. The predicted molar refractivity (Wildman–Crippen MR) is 165 cm³/mol. The number of hydrogen-bond donors (Lipinski definition) is 1. The number of hydrogen-bond acceptors (Lipinski definition) is 4. The first-order valence-electron chi connectivity index (χ1n) is 15.3. The third-order valence-corrected chi connectivity index (χ3v) is 8.91. The minimum absolute atomic E-state index is 0.0173. The molecule has 2 saturated heterocycles. The van der Waals surface area contributed by atoms with Crippen molar-refractivity contribution >= 4 is 28.4 Å². The number of halogens is 6. The van der Waals surface area contributed by atoms with Crippen molar-refractivity contribution in [1.82, 2.24) is 19.7 Å². The van der Waals surface area contributed by atoms with E-state index in [2.05, 4.69) is 9.88 Å². The van der Waals surface area contributed by atoms with E-state index in [4.69, 9.17) is 0 Å². The summed E-state index contributed by atoms with van der Waals surface area (Å²) in [6, 6.07) is 17.8. The Morgan fingerprint density at radius 3 is 2.06 bits per heavy atom. The van der Waals surface area contributed by atoms with Gasteiger partial charge >= 0.3 is 12.4 Å². The van der Waals surface area contributed by atoms with Crippen molar-refractivity contribution in [3.05, 3.63) is 101 Å². The highest BCUT2D eigenvalue weighted by Gasteiger charge is 2.39. The molecule has 2 aliphatic heterocycles. The highest BCUT2D eigenvalue weighted by molar-refractivity contribution is 5.95. The molecule has 0 spiro atoms. The number of alkyl halides is 6. The van der Waals surface area contributed by atoms with E-state index in [0.29, 0.717) is 38.3 Å². The van der Waals surface area contributed by atoms with Crippen molar-refractivity contribution in [2.24, 2.45) is 0 Å². The zero-order valence-electron chi connectivity index (χ0n) is 25.3. The fraction of sp³-hybridized carbons (Fsp3) is 0.353. The second-order valence-corrected chi connectivity index (χ2v) is 11.9. The van der Waals surface area contributed by atoms with Crippen LogP contribution in [0, 0.1) is 0 Å². The Bertz CT molecular complexity index is 1700. The second kappa shape index (κ2) is 12.9. The topological polar surface area (TPSA) is 62.9 Å². The summed E-state index contributed by atoms with van der Waals surface area (Å²) in [5.74, 6) is -0.995. The van der Waals surface area contributed by atoms with Crippen LogP contribution in [0.4, 0.5) is 32.0 Å². The summed E-state index contributed by atoms with van der Waals surface area (Å²) >= 11 is 0. The van der Waals surface area contributed by atoms with Crippen LogP contribution >= 0.6 is 0 Å². The molecule has 1 aromatic heterocycles. The van der Waals surface area contributed by atoms with Crippen LogP contribution in [0.1, 0.15) is 27.0 Å². The van der Waals surface area contributed by atoms with Gasteiger partial charge in [-0.15, -0.1) is 0 Å². The lowest BCUT2D eigenvalue weighted by Crippen LogP contribution is -2.58. The van der Waals surface area contributed by atoms with Gasteiger partial charge in [0.05, 0.1) is 17.7 Å². The smallest absolute Gasteiger partial charge is 0.368 e. The fourth-order valence-corrected chi connectivity index (χ4v) is 6.45. The van der Waals surface area contributed by atoms with Gasteiger partial charge in [-0.3, -0.25) is 14.5 Å². The molecule has 1 N–H and O–H groups in total. The molecule has 1 atom stereocenters. The summed E-state index contributed by atoms with van der Waals surface area (Å²) in [4.78, 5) is 37.6. The lowest BCUT2D eigenvalue weighted by molar-refractivity contribution is -0.143. The van der Waals surface area contributed by atoms with Crippen molar-refractivity contribution in [1.29, 1.82) is 0 Å². The Balaban J connectivity index is 1.21. The van der Waals surface area contributed by atoms with Crippen molar-refractivity contribution in [3.63, 3.8) is 0 Å². The Morgan fingerprint density at radius 1 is 0.766 bits per heavy atom. The molecule has 6 rings (SSSR count). The molecule has 2 aliphatic rings. The molecular formula is C34H33F6N5O2. The highest BCUT2D eigenvalue weighted by Crippen LogP contribution is 2.37. The zero-order valence-corrected chi connectivity index (χ0v) is 25.3. The quantitative estimate of drug-likeness (QED) is 0.262. The number of nitrogens with zero attached hydrogens (tertiary/aromatic N) is 4. The van der Waals surface area contributed by atoms with Crippen LogP contribution in [0.5, 0.6) is 0 Å². The number of nitrogens with one attached hydrogen (secondary N) is 1. The second-order valence-electron chi connectivity index (χ2n) is 11.9. The summed E-state index contributed by atoms with van der Waals surface area (Å²) in [7, 11) is 0. The highest BCUT2D eigenvalue weighted by atomic mass is 19.4. The summed E-state index contributed by atoms with van der Waals surface area (Å²) in [5.41, 5.74) is -0.986. The van der Waals surface area contributed by atoms with Crippen LogP contribution < -0.4 is 4.90 Å². The summed E-state index contributed by atoms with van der Waals surface area (Å²) < 4.78 is 81.7. The number of rotatable bonds is 6. The predicted octanol–water partition coefficient (Wildman–Crippen LogP) is 5.92. The molecule has 0 bridgehead atoms. The largest absolute Gasteiger partial charge is 0.416 e. The maximum Gasteiger partial charge on any atom is 0.416 e. The molecule has 2 amide bonds. The first-order chi connectivity index (χ1) is 22.4. The molecule has 47 heavy (non-hydrogen) atoms. The standard InChI is InChI=1S/C34H33F6N5O2/c35-33(36,37)25-16-23(17-26(19-25)34(38,39)40)32(47)45-15-10-42(21-28(45)18-24-20-41-30-9-5-4-8-29(24)30)22-31(46)44-13-11-43(12-14-44)27-6-2-1-3-7-27/h1-9,16-17,19-20,28,41H,10-15,18,21-22H2/t28-/m1/s1. The number of anilines is 1. The maximum atomic E-state index is 13.8. The van der Waals surface area contributed by atoms with Crippen molar-refractivity contribution in [2.45, 2.75) is 24.8 Å². The average Bonchev–Trinajstić information content (AvgIpc) is 3.46. The van der Waals surface area contributed by atoms with Crippen LogP contribution in [0.25, 0.3) is 10.9 Å². The number of aromatic amines is 1. The molecule has 0 aliphatic carbocycles. The SMILES string of the molecule is O=C(CN1CCN(C(=O)c2cc(C(F)(F)F)cc(C(F)(F)F)c2)[C@H](Cc2c[nH]c3ccccc23)C1)N1CCN(c2ccccc2)CC1. The number of aromatic nitrogens is 1. The number of piperazine rings is 2. The Hall–Kier alpha value is -4.52. The van der Waals surface area contributed by atoms with E-state index in [9.17, 15) is 35.9 Å². The number of H-pyrrole nitrogens is 1. The molecule has 248 valence electrons. The van der Waals surface area contributed by atoms with E-state index in [-0.39, 0.29) is 44.6 Å². The molecular weight excluding hydrogens is 624 g/mol. The number of carbonyl (C=O) groups excluding carboxylic acids is 2. The molecule has 0 radical (unpaired) electrons. The molecule has 0 saturated carbocycles. The van der Waals surface area contributed by atoms with Crippen LogP contribution in [-0.4, -0.2) is 89.9 Å². The minimum atomic E-state index is -5.08. The van der Waals surface area contributed by atoms with Gasteiger partial charge in [-0.25, -0.2) is 0 Å². The van der Waals surface area contributed by atoms with Crippen LogP contribution in [0.2, 0.25) is 0 Å². The van der Waals surface area contributed by atoms with Crippen LogP contribution in [-0.2, 0) is 23.6 Å². The minimum Gasteiger partial charge on any atom is -0.368 e. The van der Waals surface area contributed by atoms with Crippen molar-refractivity contribution < 1.29 is 35.9 Å².